The molecule has 2 rings (SSSR count). The van der Waals surface area contributed by atoms with E-state index in [2.05, 4.69) is 43.0 Å². The van der Waals surface area contributed by atoms with Crippen LogP contribution in [0.3, 0.4) is 0 Å². The summed E-state index contributed by atoms with van der Waals surface area (Å²) in [4.78, 5) is 3.98. The molecule has 2 radical (unpaired) electrons. The van der Waals surface area contributed by atoms with E-state index in [1.54, 1.807) is 16.8 Å². The third-order valence-electron chi connectivity index (χ3n) is 5.22. The van der Waals surface area contributed by atoms with Crippen LogP contribution in [-0.4, -0.2) is 41.1 Å². The summed E-state index contributed by atoms with van der Waals surface area (Å²) in [5.41, 5.74) is 1.05. The van der Waals surface area contributed by atoms with Gasteiger partial charge in [0.25, 0.3) is 0 Å². The zero-order valence-corrected chi connectivity index (χ0v) is 20.1. The molecule has 2 heterocycles. The van der Waals surface area contributed by atoms with Crippen LogP contribution < -0.4 is 3.71 Å². The molecular weight excluding hydrogens is 446 g/mol. The normalized spacial score (nSPS) is 11.9. The average molecular weight is 479 g/mol. The van der Waals surface area contributed by atoms with Crippen LogP contribution in [0.15, 0.2) is 18.2 Å². The van der Waals surface area contributed by atoms with Gasteiger partial charge in [-0.3, -0.25) is 0 Å². The number of aromatic nitrogens is 4. The van der Waals surface area contributed by atoms with E-state index in [-0.39, 0.29) is 0 Å². The second kappa shape index (κ2) is 11.1. The Morgan fingerprint density at radius 1 is 1.00 bits per heavy atom. The minimum atomic E-state index is -0.952. The van der Waals surface area contributed by atoms with Gasteiger partial charge in [-0.25, -0.2) is 0 Å². The number of hydrogen-bond donors (Lipinski definition) is 0. The van der Waals surface area contributed by atoms with Gasteiger partial charge in [0.05, 0.1) is 0 Å². The van der Waals surface area contributed by atoms with Crippen LogP contribution in [0.5, 0.6) is 0 Å². The van der Waals surface area contributed by atoms with Crippen LogP contribution in [0.2, 0.25) is 3.43 Å². The van der Waals surface area contributed by atoms with Crippen LogP contribution >= 0.6 is 0 Å². The van der Waals surface area contributed by atoms with E-state index in [1.165, 1.54) is 67.6 Å². The van der Waals surface area contributed by atoms with Gasteiger partial charge in [-0.2, -0.15) is 0 Å². The molecule has 2 aromatic heterocycles. The summed E-state index contributed by atoms with van der Waals surface area (Å²) in [5, 5.41) is 8.89. The molecule has 0 unspecified atom stereocenters. The van der Waals surface area contributed by atoms with Crippen molar-refractivity contribution < 1.29 is 4.39 Å². The van der Waals surface area contributed by atoms with Crippen molar-refractivity contribution in [1.29, 1.82) is 0 Å². The van der Waals surface area contributed by atoms with E-state index in [9.17, 15) is 4.39 Å². The molecule has 0 amide bonds. The van der Waals surface area contributed by atoms with E-state index in [0.717, 1.165) is 5.69 Å². The van der Waals surface area contributed by atoms with Crippen molar-refractivity contribution in [2.24, 2.45) is 0 Å². The number of rotatable bonds is 12. The average Bonchev–Trinajstić information content (AvgIpc) is 3.03. The van der Waals surface area contributed by atoms with Gasteiger partial charge >= 0.3 is 174 Å². The van der Waals surface area contributed by atoms with Crippen LogP contribution in [0.25, 0.3) is 5.82 Å². The van der Waals surface area contributed by atoms with Crippen molar-refractivity contribution in [1.82, 2.24) is 20.0 Å². The first-order valence-corrected chi connectivity index (χ1v) is 13.2. The molecule has 4 nitrogen and oxygen atoms in total. The summed E-state index contributed by atoms with van der Waals surface area (Å²) in [6.45, 7) is 8.92. The summed E-state index contributed by atoms with van der Waals surface area (Å²) < 4.78 is 16.9. The fourth-order valence-electron chi connectivity index (χ4n) is 3.54. The van der Waals surface area contributed by atoms with Crippen molar-refractivity contribution in [2.75, 3.05) is 0 Å². The number of halogens is 1. The molecule has 0 spiro atoms. The predicted octanol–water partition coefficient (Wildman–Crippen LogP) is 5.17. The van der Waals surface area contributed by atoms with Gasteiger partial charge in [0.1, 0.15) is 0 Å². The minimum absolute atomic E-state index is 0.465. The summed E-state index contributed by atoms with van der Waals surface area (Å²) in [6, 6.07) is 4.82. The van der Waals surface area contributed by atoms with Gasteiger partial charge in [-0.05, 0) is 0 Å². The molecule has 6 heteroatoms. The molecule has 0 aliphatic rings. The molecule has 27 heavy (non-hydrogen) atoms. The van der Waals surface area contributed by atoms with Crippen molar-refractivity contribution in [3.63, 3.8) is 0 Å². The quantitative estimate of drug-likeness (QED) is 0.312. The monoisotopic (exact) mass is 480 g/mol. The van der Waals surface area contributed by atoms with Crippen molar-refractivity contribution in [3.8, 4) is 5.82 Å². The van der Waals surface area contributed by atoms with Gasteiger partial charge in [-0.1, -0.05) is 0 Å². The molecule has 0 atom stereocenters. The number of unbranched alkanes of at least 4 members (excludes halogenated alkanes) is 3. The van der Waals surface area contributed by atoms with E-state index in [4.69, 9.17) is 0 Å². The molecule has 2 aromatic rings. The van der Waals surface area contributed by atoms with E-state index in [1.807, 2.05) is 0 Å². The third kappa shape index (κ3) is 6.26. The Morgan fingerprint density at radius 3 is 2.11 bits per heavy atom. The maximum atomic E-state index is 13.5. The first-order chi connectivity index (χ1) is 13.0. The van der Waals surface area contributed by atoms with Gasteiger partial charge in [0.15, 0.2) is 0 Å². The zero-order valence-electron chi connectivity index (χ0n) is 17.3. The molecule has 0 saturated carbocycles. The Hall–Kier alpha value is -0.981. The Morgan fingerprint density at radius 2 is 1.59 bits per heavy atom. The first kappa shape index (κ1) is 22.3. The van der Waals surface area contributed by atoms with E-state index >= 15 is 0 Å². The first-order valence-electron chi connectivity index (χ1n) is 10.4. The second-order valence-electron chi connectivity index (χ2n) is 7.47. The SMILES string of the molecule is CCCC[C](CCCC)(CCCC)[Sn][c]1nnn(-c2cccc(F)n2)c1C. The molecule has 0 N–H and O–H groups in total. The number of hydrogen-bond acceptors (Lipinski definition) is 3. The Labute approximate surface area is 173 Å². The molecule has 0 saturated heterocycles. The molecule has 0 bridgehead atoms. The molecular formula is C21H33FN4Sn. The van der Waals surface area contributed by atoms with Gasteiger partial charge in [-0.15, -0.1) is 0 Å². The topological polar surface area (TPSA) is 43.6 Å². The summed E-state index contributed by atoms with van der Waals surface area (Å²) in [6.07, 6.45) is 11.6. The molecule has 148 valence electrons. The van der Waals surface area contributed by atoms with Gasteiger partial charge in [0, 0.05) is 0 Å². The molecule has 0 fully saturated rings. The Bertz CT molecular complexity index is 679. The van der Waals surface area contributed by atoms with Crippen molar-refractivity contribution in [3.05, 3.63) is 29.8 Å². The fourth-order valence-corrected chi connectivity index (χ4v) is 8.64. The van der Waals surface area contributed by atoms with Crippen LogP contribution in [0.4, 0.5) is 4.39 Å². The van der Waals surface area contributed by atoms with Crippen molar-refractivity contribution >= 4 is 24.9 Å². The standard InChI is InChI=1S/C13H27.C8H6FN4.Sn/c1-4-7-10-13(11-8-5-2)12-9-6-3;1-6-5-10-12-13(6)8-4-2-3-7(9)11-8;/h4-12H2,1-3H3;2-4H,1H3;. The number of nitrogens with zero attached hydrogens (tertiary/aromatic N) is 4. The fraction of sp³-hybridized carbons (Fsp3) is 0.667. The summed E-state index contributed by atoms with van der Waals surface area (Å²) >= 11 is -0.952. The Kier molecular flexibility index (Phi) is 9.19. The molecule has 0 aliphatic heterocycles. The van der Waals surface area contributed by atoms with E-state index in [0.29, 0.717) is 9.25 Å². The van der Waals surface area contributed by atoms with Crippen molar-refractivity contribution in [2.45, 2.75) is 88.9 Å². The zero-order chi connectivity index (χ0) is 19.7. The van der Waals surface area contributed by atoms with E-state index < -0.39 is 27.1 Å². The Balaban J connectivity index is 2.29. The molecule has 0 aromatic carbocycles. The van der Waals surface area contributed by atoms with Crippen LogP contribution in [0.1, 0.15) is 84.3 Å². The predicted molar refractivity (Wildman–Crippen MR) is 111 cm³/mol. The van der Waals surface area contributed by atoms with Gasteiger partial charge < -0.3 is 0 Å². The van der Waals surface area contributed by atoms with Crippen LogP contribution in [-0.2, 0) is 0 Å². The van der Waals surface area contributed by atoms with Gasteiger partial charge in [0.2, 0.25) is 0 Å². The summed E-state index contributed by atoms with van der Waals surface area (Å²) in [7, 11) is 0. The maximum absolute atomic E-state index is 13.5. The molecule has 0 aliphatic carbocycles. The summed E-state index contributed by atoms with van der Waals surface area (Å²) in [5.74, 6) is 0.0408. The third-order valence-corrected chi connectivity index (χ3v) is 10.9. The van der Waals surface area contributed by atoms with Crippen LogP contribution in [0, 0.1) is 12.9 Å². The second-order valence-corrected chi connectivity index (χ2v) is 12.6. The number of pyridine rings is 1.